The average Bonchev–Trinajstić information content (AvgIpc) is 2.85. The lowest BCUT2D eigenvalue weighted by Crippen LogP contribution is -2.41. The lowest BCUT2D eigenvalue weighted by molar-refractivity contribution is 0.372. The molecule has 114 valence electrons. The molecule has 0 saturated carbocycles. The molecule has 0 aliphatic carbocycles. The molecular formula is C17H30N2S. The molecule has 1 aliphatic heterocycles. The largest absolute Gasteiger partial charge is 0.314 e. The first-order valence-corrected chi connectivity index (χ1v) is 8.96. The monoisotopic (exact) mass is 294 g/mol. The molecular weight excluding hydrogens is 264 g/mol. The highest BCUT2D eigenvalue weighted by Gasteiger charge is 2.23. The molecule has 0 aromatic carbocycles. The van der Waals surface area contributed by atoms with Gasteiger partial charge in [0.05, 0.1) is 0 Å². The summed E-state index contributed by atoms with van der Waals surface area (Å²) in [6.45, 7) is 9.27. The Morgan fingerprint density at radius 1 is 1.40 bits per heavy atom. The van der Waals surface area contributed by atoms with Crippen LogP contribution in [0.25, 0.3) is 0 Å². The lowest BCUT2D eigenvalue weighted by atomic mass is 9.91. The maximum absolute atomic E-state index is 3.75. The number of hydrogen-bond donors (Lipinski definition) is 2. The maximum atomic E-state index is 3.75. The second-order valence-electron chi connectivity index (χ2n) is 6.88. The van der Waals surface area contributed by atoms with E-state index < -0.39 is 0 Å². The zero-order chi connectivity index (χ0) is 14.4. The summed E-state index contributed by atoms with van der Waals surface area (Å²) < 4.78 is 0. The summed E-state index contributed by atoms with van der Waals surface area (Å²) in [4.78, 5) is 1.48. The summed E-state index contributed by atoms with van der Waals surface area (Å²) in [6, 6.07) is 5.71. The zero-order valence-electron chi connectivity index (χ0n) is 13.2. The van der Waals surface area contributed by atoms with Crippen molar-refractivity contribution in [3.63, 3.8) is 0 Å². The third-order valence-electron chi connectivity index (χ3n) is 4.38. The zero-order valence-corrected chi connectivity index (χ0v) is 14.1. The van der Waals surface area contributed by atoms with Gasteiger partial charge in [-0.15, -0.1) is 11.3 Å². The van der Waals surface area contributed by atoms with Gasteiger partial charge < -0.3 is 10.6 Å². The van der Waals surface area contributed by atoms with E-state index in [0.29, 0.717) is 12.1 Å². The van der Waals surface area contributed by atoms with E-state index in [9.17, 15) is 0 Å². The molecule has 2 N–H and O–H groups in total. The van der Waals surface area contributed by atoms with Crippen LogP contribution in [-0.2, 0) is 5.41 Å². The van der Waals surface area contributed by atoms with E-state index in [1.54, 1.807) is 0 Å². The van der Waals surface area contributed by atoms with Crippen LogP contribution in [0.15, 0.2) is 17.5 Å². The predicted octanol–water partition coefficient (Wildman–Crippen LogP) is 3.93. The number of nitrogens with one attached hydrogen (secondary N) is 2. The third-order valence-corrected chi connectivity index (χ3v) is 5.62. The molecule has 20 heavy (non-hydrogen) atoms. The van der Waals surface area contributed by atoms with Gasteiger partial charge in [0.2, 0.25) is 0 Å². The van der Waals surface area contributed by atoms with E-state index in [0.717, 1.165) is 6.54 Å². The molecule has 1 aromatic rings. The first-order valence-electron chi connectivity index (χ1n) is 8.09. The van der Waals surface area contributed by atoms with Crippen molar-refractivity contribution in [2.45, 2.75) is 70.4 Å². The molecule has 1 aromatic heterocycles. The van der Waals surface area contributed by atoms with Crippen LogP contribution in [-0.4, -0.2) is 25.2 Å². The van der Waals surface area contributed by atoms with E-state index in [1.165, 1.54) is 43.5 Å². The predicted molar refractivity (Wildman–Crippen MR) is 89.7 cm³/mol. The maximum Gasteiger partial charge on any atom is 0.0115 e. The Morgan fingerprint density at radius 2 is 2.25 bits per heavy atom. The van der Waals surface area contributed by atoms with Crippen molar-refractivity contribution in [1.29, 1.82) is 0 Å². The van der Waals surface area contributed by atoms with Gasteiger partial charge >= 0.3 is 0 Å². The number of hydrogen-bond acceptors (Lipinski definition) is 3. The van der Waals surface area contributed by atoms with Gasteiger partial charge in [-0.2, -0.15) is 0 Å². The van der Waals surface area contributed by atoms with Gasteiger partial charge in [-0.1, -0.05) is 32.8 Å². The molecule has 3 heteroatoms. The van der Waals surface area contributed by atoms with E-state index in [4.69, 9.17) is 0 Å². The van der Waals surface area contributed by atoms with Crippen molar-refractivity contribution in [1.82, 2.24) is 10.6 Å². The molecule has 2 heterocycles. The minimum Gasteiger partial charge on any atom is -0.314 e. The second kappa shape index (κ2) is 7.58. The fraction of sp³-hybridized carbons (Fsp3) is 0.765. The van der Waals surface area contributed by atoms with Gasteiger partial charge in [-0.25, -0.2) is 0 Å². The Hall–Kier alpha value is -0.380. The van der Waals surface area contributed by atoms with Crippen molar-refractivity contribution >= 4 is 11.3 Å². The van der Waals surface area contributed by atoms with Crippen LogP contribution in [0.4, 0.5) is 0 Å². The summed E-state index contributed by atoms with van der Waals surface area (Å²) in [5.74, 6) is 0. The third kappa shape index (κ3) is 4.87. The Bertz CT molecular complexity index is 364. The highest BCUT2D eigenvalue weighted by molar-refractivity contribution is 7.10. The molecule has 1 fully saturated rings. The van der Waals surface area contributed by atoms with E-state index in [2.05, 4.69) is 48.9 Å². The molecule has 0 amide bonds. The summed E-state index contributed by atoms with van der Waals surface area (Å²) in [6.07, 6.45) is 6.74. The molecule has 1 saturated heterocycles. The van der Waals surface area contributed by atoms with Crippen molar-refractivity contribution < 1.29 is 0 Å². The molecule has 0 bridgehead atoms. The molecule has 2 rings (SSSR count). The Kier molecular flexibility index (Phi) is 6.06. The van der Waals surface area contributed by atoms with Gasteiger partial charge in [0.15, 0.2) is 0 Å². The highest BCUT2D eigenvalue weighted by atomic mass is 32.1. The lowest BCUT2D eigenvalue weighted by Gasteiger charge is -2.28. The fourth-order valence-corrected chi connectivity index (χ4v) is 3.84. The topological polar surface area (TPSA) is 24.1 Å². The highest BCUT2D eigenvalue weighted by Crippen LogP contribution is 2.26. The van der Waals surface area contributed by atoms with Crippen LogP contribution in [0, 0.1) is 0 Å². The molecule has 2 unspecified atom stereocenters. The quantitative estimate of drug-likeness (QED) is 0.831. The normalized spacial score (nSPS) is 22.4. The van der Waals surface area contributed by atoms with Crippen LogP contribution in [0.3, 0.4) is 0 Å². The standard InChI is InChI=1S/C17H30N2S/c1-14(12-15-8-5-4-6-10-18-15)19-13-17(2,3)16-9-7-11-20-16/h7,9,11,14-15,18-19H,4-6,8,10,12-13H2,1-3H3. The summed E-state index contributed by atoms with van der Waals surface area (Å²) in [7, 11) is 0. The molecule has 0 spiro atoms. The van der Waals surface area contributed by atoms with Crippen LogP contribution in [0.5, 0.6) is 0 Å². The fourth-order valence-electron chi connectivity index (χ4n) is 2.99. The van der Waals surface area contributed by atoms with Gasteiger partial charge in [-0.05, 0) is 44.2 Å². The van der Waals surface area contributed by atoms with Crippen molar-refractivity contribution in [3.8, 4) is 0 Å². The first-order chi connectivity index (χ1) is 9.58. The minimum absolute atomic E-state index is 0.235. The van der Waals surface area contributed by atoms with Crippen LogP contribution in [0.2, 0.25) is 0 Å². The van der Waals surface area contributed by atoms with Gasteiger partial charge in [-0.3, -0.25) is 0 Å². The SMILES string of the molecule is CC(CC1CCCCCN1)NCC(C)(C)c1cccs1. The molecule has 2 nitrogen and oxygen atoms in total. The van der Waals surface area contributed by atoms with Crippen LogP contribution >= 0.6 is 11.3 Å². The number of rotatable bonds is 6. The Labute approximate surface area is 128 Å². The van der Waals surface area contributed by atoms with Crippen molar-refractivity contribution in [2.75, 3.05) is 13.1 Å². The van der Waals surface area contributed by atoms with Gasteiger partial charge in [0.1, 0.15) is 0 Å². The smallest absolute Gasteiger partial charge is 0.0115 e. The van der Waals surface area contributed by atoms with E-state index >= 15 is 0 Å². The average molecular weight is 295 g/mol. The Balaban J connectivity index is 1.75. The van der Waals surface area contributed by atoms with E-state index in [1.807, 2.05) is 11.3 Å². The van der Waals surface area contributed by atoms with E-state index in [-0.39, 0.29) is 5.41 Å². The van der Waals surface area contributed by atoms with Gasteiger partial charge in [0, 0.05) is 28.9 Å². The summed E-state index contributed by atoms with van der Waals surface area (Å²) >= 11 is 1.87. The Morgan fingerprint density at radius 3 is 3.00 bits per heavy atom. The summed E-state index contributed by atoms with van der Waals surface area (Å²) in [5.41, 5.74) is 0.235. The molecule has 1 aliphatic rings. The first kappa shape index (κ1) is 16.0. The molecule has 0 radical (unpaired) electrons. The molecule has 2 atom stereocenters. The van der Waals surface area contributed by atoms with Crippen LogP contribution in [0.1, 0.15) is 57.8 Å². The number of thiophene rings is 1. The summed E-state index contributed by atoms with van der Waals surface area (Å²) in [5, 5.41) is 9.62. The van der Waals surface area contributed by atoms with Crippen molar-refractivity contribution in [2.24, 2.45) is 0 Å². The van der Waals surface area contributed by atoms with Gasteiger partial charge in [0.25, 0.3) is 0 Å². The minimum atomic E-state index is 0.235. The van der Waals surface area contributed by atoms with Crippen LogP contribution < -0.4 is 10.6 Å². The second-order valence-corrected chi connectivity index (χ2v) is 7.83. The van der Waals surface area contributed by atoms with Crippen molar-refractivity contribution in [3.05, 3.63) is 22.4 Å².